The summed E-state index contributed by atoms with van der Waals surface area (Å²) < 4.78 is 49.0. The summed E-state index contributed by atoms with van der Waals surface area (Å²) in [7, 11) is -4.22. The fourth-order valence-corrected chi connectivity index (χ4v) is 7.24. The maximum absolute atomic E-state index is 15.4. The van der Waals surface area contributed by atoms with Crippen LogP contribution in [0.25, 0.3) is 11.4 Å². The average Bonchev–Trinajstić information content (AvgIpc) is 3.66. The monoisotopic (exact) mass is 649 g/mol. The van der Waals surface area contributed by atoms with Gasteiger partial charge in [-0.3, -0.25) is 4.79 Å². The number of benzene rings is 3. The Morgan fingerprint density at radius 3 is 2.24 bits per heavy atom. The van der Waals surface area contributed by atoms with Crippen molar-refractivity contribution in [1.82, 2.24) is 30.5 Å². The number of hydrogen-bond acceptors (Lipinski definition) is 9. The molecular weight excluding hydrogens is 617 g/mol. The molecule has 3 amide bonds. The molecule has 240 valence electrons. The van der Waals surface area contributed by atoms with E-state index in [0.29, 0.717) is 5.56 Å². The number of urea groups is 1. The van der Waals surface area contributed by atoms with E-state index in [-0.39, 0.29) is 22.7 Å². The first-order valence-electron chi connectivity index (χ1n) is 14.3. The van der Waals surface area contributed by atoms with Crippen LogP contribution in [0.2, 0.25) is 0 Å². The van der Waals surface area contributed by atoms with Gasteiger partial charge in [0.05, 0.1) is 22.7 Å². The SMILES string of the molecule is CC(C)(C)OC(=O)C1CC(S(=O)(=O)c2ccccc2)C(c2ccccc2F)N1C(=O)CNC(=O)Nn1nnnc1-c1ccccc1. The van der Waals surface area contributed by atoms with Crippen LogP contribution in [0.15, 0.2) is 89.8 Å². The van der Waals surface area contributed by atoms with Gasteiger partial charge in [-0.25, -0.2) is 27.8 Å². The molecule has 1 saturated heterocycles. The molecule has 1 aromatic heterocycles. The summed E-state index contributed by atoms with van der Waals surface area (Å²) in [5.41, 5.74) is 1.95. The van der Waals surface area contributed by atoms with E-state index in [1.807, 2.05) is 0 Å². The number of carbonyl (C=O) groups is 3. The summed E-state index contributed by atoms with van der Waals surface area (Å²) in [4.78, 5) is 42.3. The maximum atomic E-state index is 15.4. The minimum Gasteiger partial charge on any atom is -0.458 e. The van der Waals surface area contributed by atoms with Crippen LogP contribution in [0.1, 0.15) is 38.8 Å². The Bertz CT molecular complexity index is 1830. The first kappa shape index (κ1) is 32.2. The Labute approximate surface area is 264 Å². The van der Waals surface area contributed by atoms with Crippen LogP contribution in [0.4, 0.5) is 9.18 Å². The molecule has 0 spiro atoms. The quantitative estimate of drug-likeness (QED) is 0.273. The van der Waals surface area contributed by atoms with Crippen molar-refractivity contribution in [2.75, 3.05) is 12.0 Å². The normalized spacial score (nSPS) is 18.2. The van der Waals surface area contributed by atoms with Gasteiger partial charge in [0.1, 0.15) is 17.5 Å². The third-order valence-corrected chi connectivity index (χ3v) is 9.39. The number of esters is 1. The molecule has 2 N–H and O–H groups in total. The fraction of sp³-hybridized carbons (Fsp3) is 0.290. The van der Waals surface area contributed by atoms with Gasteiger partial charge in [0, 0.05) is 11.1 Å². The molecule has 5 rings (SSSR count). The first-order chi connectivity index (χ1) is 21.9. The van der Waals surface area contributed by atoms with Crippen molar-refractivity contribution in [1.29, 1.82) is 0 Å². The highest BCUT2D eigenvalue weighted by molar-refractivity contribution is 7.92. The number of ether oxygens (including phenoxy) is 1. The minimum atomic E-state index is -4.22. The third kappa shape index (κ3) is 6.88. The Morgan fingerprint density at radius 2 is 1.59 bits per heavy atom. The van der Waals surface area contributed by atoms with Crippen molar-refractivity contribution in [3.8, 4) is 11.4 Å². The number of carbonyl (C=O) groups excluding carboxylic acids is 3. The van der Waals surface area contributed by atoms with Crippen molar-refractivity contribution in [2.24, 2.45) is 0 Å². The van der Waals surface area contributed by atoms with E-state index < -0.39 is 63.0 Å². The molecule has 4 aromatic rings. The zero-order chi connectivity index (χ0) is 33.1. The minimum absolute atomic E-state index is 0.0493. The van der Waals surface area contributed by atoms with E-state index in [1.54, 1.807) is 69.3 Å². The molecule has 0 bridgehead atoms. The molecule has 15 heteroatoms. The molecule has 3 atom stereocenters. The Balaban J connectivity index is 1.47. The number of nitrogens with one attached hydrogen (secondary N) is 2. The van der Waals surface area contributed by atoms with Crippen LogP contribution in [0.3, 0.4) is 0 Å². The van der Waals surface area contributed by atoms with Crippen LogP contribution >= 0.6 is 0 Å². The van der Waals surface area contributed by atoms with E-state index in [2.05, 4.69) is 26.3 Å². The van der Waals surface area contributed by atoms with Gasteiger partial charge in [0.2, 0.25) is 11.7 Å². The van der Waals surface area contributed by atoms with Crippen LogP contribution in [-0.2, 0) is 24.2 Å². The molecule has 1 fully saturated rings. The fourth-order valence-electron chi connectivity index (χ4n) is 5.30. The second-order valence-corrected chi connectivity index (χ2v) is 13.7. The molecule has 2 heterocycles. The number of aromatic nitrogens is 4. The van der Waals surface area contributed by atoms with E-state index in [1.165, 1.54) is 30.3 Å². The number of likely N-dealkylation sites (tertiary alicyclic amines) is 1. The van der Waals surface area contributed by atoms with Gasteiger partial charge >= 0.3 is 12.0 Å². The second kappa shape index (κ2) is 13.0. The standard InChI is InChI=1S/C31H32FN7O6S/c1-31(2,3)45-29(41)24-18-25(46(43,44)21-14-8-5-9-15-21)27(22-16-10-11-17-23(22)32)38(24)26(40)19-33-30(42)35-39-28(34-36-37-39)20-12-6-4-7-13-20/h4-17,24-25,27H,18-19H2,1-3H3,(H2,33,35,42). The largest absolute Gasteiger partial charge is 0.458 e. The van der Waals surface area contributed by atoms with Crippen molar-refractivity contribution in [3.63, 3.8) is 0 Å². The predicted octanol–water partition coefficient (Wildman–Crippen LogP) is 3.26. The number of halogens is 1. The Morgan fingerprint density at radius 1 is 0.957 bits per heavy atom. The van der Waals surface area contributed by atoms with Crippen LogP contribution in [-0.4, -0.2) is 75.0 Å². The third-order valence-electron chi connectivity index (χ3n) is 7.21. The van der Waals surface area contributed by atoms with Crippen molar-refractivity contribution in [3.05, 3.63) is 96.3 Å². The number of sulfone groups is 1. The van der Waals surface area contributed by atoms with Gasteiger partial charge < -0.3 is 15.0 Å². The van der Waals surface area contributed by atoms with Crippen molar-refractivity contribution >= 4 is 27.7 Å². The highest BCUT2D eigenvalue weighted by Gasteiger charge is 2.54. The first-order valence-corrected chi connectivity index (χ1v) is 15.9. The molecule has 0 aliphatic carbocycles. The Kier molecular flexibility index (Phi) is 9.14. The summed E-state index contributed by atoms with van der Waals surface area (Å²) in [5.74, 6) is -2.25. The number of tetrazole rings is 1. The summed E-state index contributed by atoms with van der Waals surface area (Å²) in [6.45, 7) is 4.21. The molecule has 0 saturated carbocycles. The molecule has 1 aliphatic rings. The number of rotatable bonds is 8. The lowest BCUT2D eigenvalue weighted by Gasteiger charge is -2.32. The average molecular weight is 650 g/mol. The van der Waals surface area contributed by atoms with Crippen LogP contribution in [0, 0.1) is 5.82 Å². The van der Waals surface area contributed by atoms with Gasteiger partial charge in [-0.2, -0.15) is 0 Å². The van der Waals surface area contributed by atoms with E-state index in [9.17, 15) is 22.8 Å². The zero-order valence-corrected chi connectivity index (χ0v) is 26.0. The van der Waals surface area contributed by atoms with Gasteiger partial charge in [-0.15, -0.1) is 9.89 Å². The summed E-state index contributed by atoms with van der Waals surface area (Å²) in [6.07, 6.45) is -0.367. The number of nitrogens with zero attached hydrogens (tertiary/aromatic N) is 5. The van der Waals surface area contributed by atoms with Crippen LogP contribution < -0.4 is 10.7 Å². The molecule has 3 aromatic carbocycles. The highest BCUT2D eigenvalue weighted by Crippen LogP contribution is 2.44. The van der Waals surface area contributed by atoms with Gasteiger partial charge in [-0.1, -0.05) is 66.7 Å². The maximum Gasteiger partial charge on any atom is 0.335 e. The van der Waals surface area contributed by atoms with Crippen molar-refractivity contribution in [2.45, 2.75) is 55.0 Å². The van der Waals surface area contributed by atoms with E-state index in [0.717, 1.165) is 15.8 Å². The lowest BCUT2D eigenvalue weighted by Crippen LogP contribution is -2.49. The lowest BCUT2D eigenvalue weighted by molar-refractivity contribution is -0.164. The van der Waals surface area contributed by atoms with Gasteiger partial charge in [0.15, 0.2) is 9.84 Å². The highest BCUT2D eigenvalue weighted by atomic mass is 32.2. The predicted molar refractivity (Wildman–Crippen MR) is 164 cm³/mol. The summed E-state index contributed by atoms with van der Waals surface area (Å²) in [6, 6.07) is 18.1. The zero-order valence-electron chi connectivity index (χ0n) is 25.2. The molecule has 1 aliphatic heterocycles. The van der Waals surface area contributed by atoms with E-state index in [4.69, 9.17) is 4.74 Å². The van der Waals surface area contributed by atoms with E-state index >= 15 is 4.39 Å². The second-order valence-electron chi connectivity index (χ2n) is 11.5. The summed E-state index contributed by atoms with van der Waals surface area (Å²) in [5, 5.41) is 12.2. The van der Waals surface area contributed by atoms with Gasteiger partial charge in [-0.05, 0) is 55.8 Å². The van der Waals surface area contributed by atoms with Crippen LogP contribution in [0.5, 0.6) is 0 Å². The Hall–Kier alpha value is -5.18. The number of hydrogen-bond donors (Lipinski definition) is 2. The summed E-state index contributed by atoms with van der Waals surface area (Å²) >= 11 is 0. The van der Waals surface area contributed by atoms with Gasteiger partial charge in [0.25, 0.3) is 0 Å². The van der Waals surface area contributed by atoms with Crippen molar-refractivity contribution < 1.29 is 31.9 Å². The molecule has 13 nitrogen and oxygen atoms in total. The molecule has 3 unspecified atom stereocenters. The lowest BCUT2D eigenvalue weighted by atomic mass is 10.0. The molecular formula is C31H32FN7O6S. The number of amides is 3. The molecule has 0 radical (unpaired) electrons. The topological polar surface area (TPSA) is 165 Å². The molecule has 46 heavy (non-hydrogen) atoms. The smallest absolute Gasteiger partial charge is 0.335 e.